The van der Waals surface area contributed by atoms with E-state index >= 15 is 0 Å². The number of aromatic nitrogens is 1. The fourth-order valence-corrected chi connectivity index (χ4v) is 3.78. The lowest BCUT2D eigenvalue weighted by Crippen LogP contribution is -2.54. The van der Waals surface area contributed by atoms with Gasteiger partial charge in [-0.25, -0.2) is 0 Å². The highest BCUT2D eigenvalue weighted by Gasteiger charge is 2.37. The maximum absolute atomic E-state index is 12.6. The van der Waals surface area contributed by atoms with Crippen molar-refractivity contribution in [2.24, 2.45) is 17.6 Å². The van der Waals surface area contributed by atoms with Crippen molar-refractivity contribution < 1.29 is 4.79 Å². The van der Waals surface area contributed by atoms with Crippen LogP contribution in [-0.4, -0.2) is 34.5 Å². The minimum atomic E-state index is -0.415. The molecule has 3 heterocycles. The number of likely N-dealkylation sites (tertiary alicyclic amines) is 1. The summed E-state index contributed by atoms with van der Waals surface area (Å²) in [5.74, 6) is 0.883. The molecule has 3 rings (SSSR count). The molecular weight excluding hydrogens is 278 g/mol. The molecule has 1 saturated heterocycles. The van der Waals surface area contributed by atoms with E-state index in [-0.39, 0.29) is 23.3 Å². The van der Waals surface area contributed by atoms with E-state index in [1.54, 1.807) is 6.07 Å². The quantitative estimate of drug-likeness (QED) is 0.911. The lowest BCUT2D eigenvalue weighted by molar-refractivity contribution is -0.136. The fraction of sp³-hybridized carbons (Fsp3) is 0.647. The summed E-state index contributed by atoms with van der Waals surface area (Å²) in [7, 11) is 0. The van der Waals surface area contributed by atoms with Crippen molar-refractivity contribution in [3.8, 4) is 0 Å². The second-order valence-corrected chi connectivity index (χ2v) is 6.85. The van der Waals surface area contributed by atoms with E-state index in [9.17, 15) is 9.59 Å². The molecule has 1 aromatic rings. The number of hydrogen-bond donors (Lipinski definition) is 1. The van der Waals surface area contributed by atoms with Crippen molar-refractivity contribution in [3.05, 3.63) is 34.2 Å². The zero-order valence-electron chi connectivity index (χ0n) is 13.4. The Morgan fingerprint density at radius 3 is 2.86 bits per heavy atom. The smallest absolute Gasteiger partial charge is 0.250 e. The number of carbonyl (C=O) groups excluding carboxylic acids is 1. The topological polar surface area (TPSA) is 68.3 Å². The third-order valence-corrected chi connectivity index (χ3v) is 5.33. The van der Waals surface area contributed by atoms with E-state index in [0.717, 1.165) is 25.1 Å². The van der Waals surface area contributed by atoms with Gasteiger partial charge in [0.25, 0.3) is 5.56 Å². The standard InChI is InChI=1S/C17H25N3O2/c1-3-11(2)16(18)17(22)19-8-12-7-13(10-19)14-5-4-6-15(21)20(14)9-12/h4-6,11-13,16H,3,7-10,18H2,1-2H3. The molecule has 0 saturated carbocycles. The van der Waals surface area contributed by atoms with Crippen molar-refractivity contribution >= 4 is 5.91 Å². The van der Waals surface area contributed by atoms with Gasteiger partial charge in [0.05, 0.1) is 6.04 Å². The summed E-state index contributed by atoms with van der Waals surface area (Å²) in [6, 6.07) is 5.04. The molecule has 0 spiro atoms. The number of fused-ring (bicyclic) bond motifs is 4. The van der Waals surface area contributed by atoms with Crippen LogP contribution in [0.1, 0.15) is 38.3 Å². The number of pyridine rings is 1. The molecule has 2 aliphatic heterocycles. The van der Waals surface area contributed by atoms with Gasteiger partial charge in [-0.2, -0.15) is 0 Å². The fourth-order valence-electron chi connectivity index (χ4n) is 3.78. The average molecular weight is 303 g/mol. The van der Waals surface area contributed by atoms with Crippen molar-refractivity contribution in [2.45, 2.75) is 45.2 Å². The monoisotopic (exact) mass is 303 g/mol. The molecule has 2 N–H and O–H groups in total. The van der Waals surface area contributed by atoms with Crippen LogP contribution in [0.4, 0.5) is 0 Å². The van der Waals surface area contributed by atoms with Crippen LogP contribution in [0.2, 0.25) is 0 Å². The average Bonchev–Trinajstić information content (AvgIpc) is 2.53. The maximum Gasteiger partial charge on any atom is 0.250 e. The highest BCUT2D eigenvalue weighted by Crippen LogP contribution is 2.35. The van der Waals surface area contributed by atoms with Crippen molar-refractivity contribution in [2.75, 3.05) is 13.1 Å². The summed E-state index contributed by atoms with van der Waals surface area (Å²) < 4.78 is 1.88. The number of nitrogens with two attached hydrogens (primary N) is 1. The number of amides is 1. The highest BCUT2D eigenvalue weighted by molar-refractivity contribution is 5.82. The number of carbonyl (C=O) groups is 1. The second kappa shape index (κ2) is 5.88. The summed E-state index contributed by atoms with van der Waals surface area (Å²) in [6.07, 6.45) is 1.97. The van der Waals surface area contributed by atoms with Gasteiger partial charge in [-0.1, -0.05) is 26.3 Å². The Kier molecular flexibility index (Phi) is 4.08. The molecule has 1 amide bonds. The summed E-state index contributed by atoms with van der Waals surface area (Å²) >= 11 is 0. The number of hydrogen-bond acceptors (Lipinski definition) is 3. The summed E-state index contributed by atoms with van der Waals surface area (Å²) in [6.45, 7) is 6.21. The Bertz CT molecular complexity index is 625. The molecule has 0 aromatic carbocycles. The first-order valence-electron chi connectivity index (χ1n) is 8.25. The zero-order valence-corrected chi connectivity index (χ0v) is 13.4. The molecular formula is C17H25N3O2. The van der Waals surface area contributed by atoms with Crippen LogP contribution in [0.5, 0.6) is 0 Å². The van der Waals surface area contributed by atoms with Gasteiger partial charge in [-0.05, 0) is 24.3 Å². The van der Waals surface area contributed by atoms with Gasteiger partial charge in [0.2, 0.25) is 5.91 Å². The van der Waals surface area contributed by atoms with Crippen molar-refractivity contribution in [1.29, 1.82) is 0 Å². The first-order valence-corrected chi connectivity index (χ1v) is 8.25. The Labute approximate surface area is 131 Å². The first kappa shape index (κ1) is 15.3. The van der Waals surface area contributed by atoms with Gasteiger partial charge in [0.1, 0.15) is 0 Å². The third kappa shape index (κ3) is 2.58. The van der Waals surface area contributed by atoms with Crippen LogP contribution in [0.25, 0.3) is 0 Å². The van der Waals surface area contributed by atoms with E-state index in [4.69, 9.17) is 5.73 Å². The molecule has 1 aromatic heterocycles. The van der Waals surface area contributed by atoms with Crippen LogP contribution >= 0.6 is 0 Å². The molecule has 5 heteroatoms. The Morgan fingerprint density at radius 1 is 1.36 bits per heavy atom. The van der Waals surface area contributed by atoms with Crippen LogP contribution in [-0.2, 0) is 11.3 Å². The summed E-state index contributed by atoms with van der Waals surface area (Å²) in [4.78, 5) is 26.6. The molecule has 2 aliphatic rings. The van der Waals surface area contributed by atoms with E-state index < -0.39 is 6.04 Å². The molecule has 0 radical (unpaired) electrons. The van der Waals surface area contributed by atoms with Crippen LogP contribution in [0.3, 0.4) is 0 Å². The zero-order chi connectivity index (χ0) is 15.9. The SMILES string of the molecule is CCC(C)C(N)C(=O)N1CC2CC(C1)c1cccc(=O)n1C2. The Morgan fingerprint density at radius 2 is 2.14 bits per heavy atom. The minimum Gasteiger partial charge on any atom is -0.340 e. The Balaban J connectivity index is 1.82. The normalized spacial score (nSPS) is 26.2. The third-order valence-electron chi connectivity index (χ3n) is 5.33. The molecule has 2 bridgehead atoms. The highest BCUT2D eigenvalue weighted by atomic mass is 16.2. The van der Waals surface area contributed by atoms with E-state index in [1.807, 2.05) is 28.5 Å². The van der Waals surface area contributed by atoms with E-state index in [1.165, 1.54) is 0 Å². The van der Waals surface area contributed by atoms with Gasteiger partial charge < -0.3 is 15.2 Å². The first-order chi connectivity index (χ1) is 10.5. The van der Waals surface area contributed by atoms with Crippen LogP contribution in [0, 0.1) is 11.8 Å². The summed E-state index contributed by atoms with van der Waals surface area (Å²) in [5, 5.41) is 0. The molecule has 120 valence electrons. The predicted octanol–water partition coefficient (Wildman–Crippen LogP) is 1.17. The lowest BCUT2D eigenvalue weighted by Gasteiger charge is -2.43. The molecule has 4 unspecified atom stereocenters. The van der Waals surface area contributed by atoms with Crippen LogP contribution in [0.15, 0.2) is 23.0 Å². The largest absolute Gasteiger partial charge is 0.340 e. The Hall–Kier alpha value is -1.62. The van der Waals surface area contributed by atoms with Gasteiger partial charge in [-0.3, -0.25) is 9.59 Å². The van der Waals surface area contributed by atoms with Crippen molar-refractivity contribution in [1.82, 2.24) is 9.47 Å². The molecule has 0 aliphatic carbocycles. The lowest BCUT2D eigenvalue weighted by atomic mass is 9.82. The molecule has 5 nitrogen and oxygen atoms in total. The second-order valence-electron chi connectivity index (χ2n) is 6.85. The molecule has 4 atom stereocenters. The van der Waals surface area contributed by atoms with Crippen LogP contribution < -0.4 is 11.3 Å². The molecule has 22 heavy (non-hydrogen) atoms. The predicted molar refractivity (Wildman–Crippen MR) is 85.6 cm³/mol. The minimum absolute atomic E-state index is 0.0655. The molecule has 1 fully saturated rings. The van der Waals surface area contributed by atoms with Crippen molar-refractivity contribution in [3.63, 3.8) is 0 Å². The van der Waals surface area contributed by atoms with Gasteiger partial charge in [0, 0.05) is 37.3 Å². The van der Waals surface area contributed by atoms with E-state index in [2.05, 4.69) is 6.92 Å². The number of piperidine rings is 1. The maximum atomic E-state index is 12.6. The van der Waals surface area contributed by atoms with E-state index in [0.29, 0.717) is 19.0 Å². The van der Waals surface area contributed by atoms with Gasteiger partial charge in [-0.15, -0.1) is 0 Å². The number of nitrogens with zero attached hydrogens (tertiary/aromatic N) is 2. The number of rotatable bonds is 3. The van der Waals surface area contributed by atoms with Gasteiger partial charge in [0.15, 0.2) is 0 Å². The summed E-state index contributed by atoms with van der Waals surface area (Å²) in [5.41, 5.74) is 7.27. The van der Waals surface area contributed by atoms with Gasteiger partial charge >= 0.3 is 0 Å².